The van der Waals surface area contributed by atoms with Crippen molar-refractivity contribution in [1.82, 2.24) is 20.5 Å². The van der Waals surface area contributed by atoms with Gasteiger partial charge < -0.3 is 20.5 Å². The quantitative estimate of drug-likeness (QED) is 0.794. The number of fused-ring (bicyclic) bond motifs is 1. The number of likely N-dealkylation sites (tertiary alicyclic amines) is 1. The summed E-state index contributed by atoms with van der Waals surface area (Å²) in [6.45, 7) is 7.00. The number of benzene rings is 1. The lowest BCUT2D eigenvalue weighted by Gasteiger charge is -2.31. The number of aromatic nitrogens is 1. The van der Waals surface area contributed by atoms with Crippen molar-refractivity contribution in [3.05, 3.63) is 47.4 Å². The molecule has 1 aliphatic rings. The van der Waals surface area contributed by atoms with Gasteiger partial charge in [-0.25, -0.2) is 0 Å². The maximum absolute atomic E-state index is 6.34. The second-order valence-corrected chi connectivity index (χ2v) is 6.49. The Bertz CT molecular complexity index is 664. The first-order valence-corrected chi connectivity index (χ1v) is 8.13. The van der Waals surface area contributed by atoms with Crippen molar-refractivity contribution >= 4 is 22.5 Å². The van der Waals surface area contributed by atoms with Crippen molar-refractivity contribution in [1.29, 1.82) is 0 Å². The Morgan fingerprint density at radius 1 is 1.50 bits per heavy atom. The molecular formula is C17H23ClN4. The fraction of sp³-hybridized carbons (Fsp3) is 0.412. The van der Waals surface area contributed by atoms with E-state index in [0.717, 1.165) is 33.9 Å². The molecule has 5 heteroatoms. The van der Waals surface area contributed by atoms with E-state index in [4.69, 9.17) is 11.6 Å². The highest BCUT2D eigenvalue weighted by Crippen LogP contribution is 2.23. The molecule has 2 aromatic rings. The first kappa shape index (κ1) is 15.3. The normalized spacial score (nSPS) is 19.3. The first-order chi connectivity index (χ1) is 10.6. The molecule has 1 aromatic carbocycles. The van der Waals surface area contributed by atoms with Crippen molar-refractivity contribution in [2.45, 2.75) is 25.4 Å². The van der Waals surface area contributed by atoms with E-state index in [1.54, 1.807) is 0 Å². The molecule has 3 rings (SSSR count). The highest BCUT2D eigenvalue weighted by atomic mass is 35.5. The zero-order valence-corrected chi connectivity index (χ0v) is 13.7. The van der Waals surface area contributed by atoms with E-state index in [-0.39, 0.29) is 0 Å². The van der Waals surface area contributed by atoms with Crippen LogP contribution in [0.2, 0.25) is 5.02 Å². The van der Waals surface area contributed by atoms with Crippen LogP contribution in [0.1, 0.15) is 18.4 Å². The van der Waals surface area contributed by atoms with Gasteiger partial charge in [-0.3, -0.25) is 0 Å². The van der Waals surface area contributed by atoms with Gasteiger partial charge in [0.15, 0.2) is 0 Å². The smallest absolute Gasteiger partial charge is 0.0917 e. The molecule has 1 aliphatic heterocycles. The van der Waals surface area contributed by atoms with Crippen LogP contribution in [0.4, 0.5) is 0 Å². The Labute approximate surface area is 136 Å². The van der Waals surface area contributed by atoms with Gasteiger partial charge in [-0.15, -0.1) is 0 Å². The molecule has 1 atom stereocenters. The minimum Gasteiger partial charge on any atom is -0.368 e. The number of likely N-dealkylation sites (N-methyl/N-ethyl adjacent to an activating group) is 1. The van der Waals surface area contributed by atoms with Crippen LogP contribution >= 0.6 is 11.6 Å². The predicted molar refractivity (Wildman–Crippen MR) is 92.9 cm³/mol. The van der Waals surface area contributed by atoms with Gasteiger partial charge in [0.25, 0.3) is 0 Å². The summed E-state index contributed by atoms with van der Waals surface area (Å²) in [7, 11) is 2.16. The maximum atomic E-state index is 6.34. The number of nitrogens with one attached hydrogen (secondary N) is 3. The van der Waals surface area contributed by atoms with Crippen LogP contribution in [0, 0.1) is 0 Å². The predicted octanol–water partition coefficient (Wildman–Crippen LogP) is 3.07. The third kappa shape index (κ3) is 3.57. The Morgan fingerprint density at radius 3 is 3.18 bits per heavy atom. The zero-order chi connectivity index (χ0) is 15.5. The molecule has 0 bridgehead atoms. The molecule has 1 fully saturated rings. The van der Waals surface area contributed by atoms with Crippen LogP contribution in [0.5, 0.6) is 0 Å². The minimum absolute atomic E-state index is 0.472. The van der Waals surface area contributed by atoms with Crippen LogP contribution < -0.4 is 10.6 Å². The van der Waals surface area contributed by atoms with Gasteiger partial charge in [-0.1, -0.05) is 18.2 Å². The molecule has 0 aliphatic carbocycles. The molecule has 1 saturated heterocycles. The summed E-state index contributed by atoms with van der Waals surface area (Å²) in [6, 6.07) is 6.58. The summed E-state index contributed by atoms with van der Waals surface area (Å²) in [4.78, 5) is 5.57. The van der Waals surface area contributed by atoms with Crippen LogP contribution in [0.15, 0.2) is 36.8 Å². The average Bonchev–Trinajstić information content (AvgIpc) is 2.92. The van der Waals surface area contributed by atoms with Crippen molar-refractivity contribution in [3.8, 4) is 0 Å². The first-order valence-electron chi connectivity index (χ1n) is 7.75. The van der Waals surface area contributed by atoms with Gasteiger partial charge in [-0.2, -0.15) is 0 Å². The lowest BCUT2D eigenvalue weighted by Crippen LogP contribution is -2.45. The van der Waals surface area contributed by atoms with Crippen molar-refractivity contribution < 1.29 is 0 Å². The van der Waals surface area contributed by atoms with Gasteiger partial charge >= 0.3 is 0 Å². The number of hydrogen-bond donors (Lipinski definition) is 3. The number of hydrogen-bond acceptors (Lipinski definition) is 3. The van der Waals surface area contributed by atoms with Gasteiger partial charge in [0.05, 0.1) is 5.82 Å². The summed E-state index contributed by atoms with van der Waals surface area (Å²) in [6.07, 6.45) is 4.36. The average molecular weight is 319 g/mol. The molecule has 1 unspecified atom stereocenters. The molecule has 118 valence electrons. The number of aromatic amines is 1. The summed E-state index contributed by atoms with van der Waals surface area (Å²) in [5.41, 5.74) is 2.18. The lowest BCUT2D eigenvalue weighted by atomic mass is 10.1. The second-order valence-electron chi connectivity index (χ2n) is 6.09. The van der Waals surface area contributed by atoms with E-state index < -0.39 is 0 Å². The maximum Gasteiger partial charge on any atom is 0.0917 e. The van der Waals surface area contributed by atoms with Crippen LogP contribution in [0.3, 0.4) is 0 Å². The molecule has 4 nitrogen and oxygen atoms in total. The molecule has 0 saturated carbocycles. The molecule has 0 radical (unpaired) electrons. The van der Waals surface area contributed by atoms with E-state index in [2.05, 4.69) is 40.2 Å². The standard InChI is InChI=1S/C17H23ClN4/c1-12(21-15-4-3-7-22(2)11-15)20-10-14-9-17-13(5-6-19-17)8-16(14)18/h5-6,8-9,15,19-21H,1,3-4,7,10-11H2,2H3. The number of rotatable bonds is 5. The number of nitrogens with zero attached hydrogens (tertiary/aromatic N) is 1. The van der Waals surface area contributed by atoms with E-state index in [1.807, 2.05) is 18.3 Å². The molecule has 1 aromatic heterocycles. The van der Waals surface area contributed by atoms with Crippen LogP contribution in [-0.4, -0.2) is 36.1 Å². The summed E-state index contributed by atoms with van der Waals surface area (Å²) in [5.74, 6) is 0.864. The SMILES string of the molecule is C=C(NCc1cc2[nH]ccc2cc1Cl)NC1CCCN(C)C1. The molecule has 3 N–H and O–H groups in total. The fourth-order valence-corrected chi connectivity index (χ4v) is 3.28. The second kappa shape index (κ2) is 6.63. The lowest BCUT2D eigenvalue weighted by molar-refractivity contribution is 0.233. The molecule has 2 heterocycles. The van der Waals surface area contributed by atoms with E-state index in [9.17, 15) is 0 Å². The molecule has 0 amide bonds. The van der Waals surface area contributed by atoms with Crippen LogP contribution in [-0.2, 0) is 6.54 Å². The number of halogens is 1. The Balaban J connectivity index is 1.56. The van der Waals surface area contributed by atoms with Gasteiger partial charge in [-0.05, 0) is 50.2 Å². The highest BCUT2D eigenvalue weighted by Gasteiger charge is 2.17. The molecule has 0 spiro atoms. The summed E-state index contributed by atoms with van der Waals surface area (Å²) < 4.78 is 0. The third-order valence-electron chi connectivity index (χ3n) is 4.22. The summed E-state index contributed by atoms with van der Waals surface area (Å²) in [5, 5.41) is 8.73. The van der Waals surface area contributed by atoms with Crippen LogP contribution in [0.25, 0.3) is 10.9 Å². The van der Waals surface area contributed by atoms with Gasteiger partial charge in [0, 0.05) is 41.3 Å². The molecular weight excluding hydrogens is 296 g/mol. The summed E-state index contributed by atoms with van der Waals surface area (Å²) >= 11 is 6.34. The van der Waals surface area contributed by atoms with Crippen molar-refractivity contribution in [3.63, 3.8) is 0 Å². The monoisotopic (exact) mass is 318 g/mol. The number of piperidine rings is 1. The Hall–Kier alpha value is -1.65. The fourth-order valence-electron chi connectivity index (χ4n) is 3.04. The molecule has 22 heavy (non-hydrogen) atoms. The van der Waals surface area contributed by atoms with E-state index >= 15 is 0 Å². The van der Waals surface area contributed by atoms with E-state index in [1.165, 1.54) is 19.4 Å². The number of H-pyrrole nitrogens is 1. The zero-order valence-electron chi connectivity index (χ0n) is 13.0. The third-order valence-corrected chi connectivity index (χ3v) is 4.57. The topological polar surface area (TPSA) is 43.1 Å². The Morgan fingerprint density at radius 2 is 2.36 bits per heavy atom. The van der Waals surface area contributed by atoms with Gasteiger partial charge in [0.2, 0.25) is 0 Å². The Kier molecular flexibility index (Phi) is 4.60. The highest BCUT2D eigenvalue weighted by molar-refractivity contribution is 6.32. The van der Waals surface area contributed by atoms with Crippen molar-refractivity contribution in [2.75, 3.05) is 20.1 Å². The largest absolute Gasteiger partial charge is 0.368 e. The van der Waals surface area contributed by atoms with E-state index in [0.29, 0.717) is 12.6 Å². The minimum atomic E-state index is 0.472. The van der Waals surface area contributed by atoms with Crippen molar-refractivity contribution in [2.24, 2.45) is 0 Å². The van der Waals surface area contributed by atoms with Gasteiger partial charge in [0.1, 0.15) is 0 Å².